The van der Waals surface area contributed by atoms with Crippen molar-refractivity contribution >= 4 is 11.7 Å². The van der Waals surface area contributed by atoms with Crippen LogP contribution in [-0.4, -0.2) is 27.1 Å². The Morgan fingerprint density at radius 2 is 1.66 bits per heavy atom. The summed E-state index contributed by atoms with van der Waals surface area (Å²) in [6.45, 7) is 0. The lowest BCUT2D eigenvalue weighted by atomic mass is 9.80. The quantitative estimate of drug-likeness (QED) is 0.317. The van der Waals surface area contributed by atoms with Gasteiger partial charge in [0.15, 0.2) is 0 Å². The molecular weight excluding hydrogens is 370 g/mol. The van der Waals surface area contributed by atoms with Crippen LogP contribution in [0.15, 0.2) is 60.7 Å². The number of carbonyl (C=O) groups excluding carboxylic acids is 2. The van der Waals surface area contributed by atoms with Crippen molar-refractivity contribution in [1.82, 2.24) is 5.48 Å². The first-order valence-corrected chi connectivity index (χ1v) is 9.19. The van der Waals surface area contributed by atoms with Crippen molar-refractivity contribution in [3.05, 3.63) is 94.0 Å². The van der Waals surface area contributed by atoms with Crippen LogP contribution in [0.4, 0.5) is 0 Å². The van der Waals surface area contributed by atoms with Crippen LogP contribution in [0.1, 0.15) is 44.1 Å². The zero-order valence-corrected chi connectivity index (χ0v) is 15.4. The Morgan fingerprint density at radius 1 is 0.931 bits per heavy atom. The SMILES string of the molecule is O=C1c2c(O)cccc2Cc2ccc(C(Cc3ccccc3)C(=O)NO)c(O)c21. The summed E-state index contributed by atoms with van der Waals surface area (Å²) in [4.78, 5) is 25.4. The standard InChI is InChI=1S/C23H19NO5/c25-18-8-4-7-14-12-15-9-10-16(21(26)20(15)22(27)19(14)18)17(23(28)24-29)11-13-5-2-1-3-6-13/h1-10,17,25-26,29H,11-12H2,(H,24,28). The number of phenols is 2. The molecule has 0 bridgehead atoms. The highest BCUT2D eigenvalue weighted by atomic mass is 16.5. The summed E-state index contributed by atoms with van der Waals surface area (Å²) in [5.74, 6) is -2.51. The van der Waals surface area contributed by atoms with Crippen molar-refractivity contribution in [2.24, 2.45) is 0 Å². The molecular formula is C23H19NO5. The number of aromatic hydroxyl groups is 2. The van der Waals surface area contributed by atoms with Gasteiger partial charge in [-0.1, -0.05) is 54.6 Å². The minimum absolute atomic E-state index is 0.0836. The number of amides is 1. The molecule has 0 saturated carbocycles. The molecule has 6 heteroatoms. The minimum atomic E-state index is -0.897. The number of hydrogen-bond acceptors (Lipinski definition) is 5. The number of fused-ring (bicyclic) bond motifs is 2. The van der Waals surface area contributed by atoms with E-state index in [2.05, 4.69) is 0 Å². The van der Waals surface area contributed by atoms with Crippen molar-refractivity contribution in [2.45, 2.75) is 18.8 Å². The van der Waals surface area contributed by atoms with E-state index in [0.29, 0.717) is 17.5 Å². The molecule has 6 nitrogen and oxygen atoms in total. The molecule has 3 aromatic carbocycles. The fourth-order valence-electron chi connectivity index (χ4n) is 3.93. The molecule has 0 radical (unpaired) electrons. The molecule has 0 fully saturated rings. The van der Waals surface area contributed by atoms with E-state index in [1.54, 1.807) is 29.7 Å². The van der Waals surface area contributed by atoms with E-state index >= 15 is 0 Å². The third kappa shape index (κ3) is 3.23. The summed E-state index contributed by atoms with van der Waals surface area (Å²) in [6.07, 6.45) is 0.615. The van der Waals surface area contributed by atoms with E-state index < -0.39 is 17.6 Å². The van der Waals surface area contributed by atoms with Crippen LogP contribution in [0.25, 0.3) is 0 Å². The molecule has 1 aliphatic carbocycles. The maximum Gasteiger partial charge on any atom is 0.251 e. The average Bonchev–Trinajstić information content (AvgIpc) is 2.72. The number of benzene rings is 3. The number of carbonyl (C=O) groups is 2. The number of hydroxylamine groups is 1. The Balaban J connectivity index is 1.81. The van der Waals surface area contributed by atoms with Gasteiger partial charge in [0, 0.05) is 5.56 Å². The van der Waals surface area contributed by atoms with E-state index in [9.17, 15) is 25.0 Å². The molecule has 4 rings (SSSR count). The Hall–Kier alpha value is -3.64. The number of ketones is 1. The lowest BCUT2D eigenvalue weighted by Crippen LogP contribution is -2.28. The van der Waals surface area contributed by atoms with Crippen molar-refractivity contribution in [2.75, 3.05) is 0 Å². The Labute approximate surface area is 167 Å². The van der Waals surface area contributed by atoms with E-state index in [1.807, 2.05) is 30.3 Å². The Bertz CT molecular complexity index is 1110. The highest BCUT2D eigenvalue weighted by Crippen LogP contribution is 2.40. The normalized spacial score (nSPS) is 13.3. The van der Waals surface area contributed by atoms with Crippen LogP contribution in [-0.2, 0) is 17.6 Å². The average molecular weight is 389 g/mol. The van der Waals surface area contributed by atoms with E-state index in [1.165, 1.54) is 6.07 Å². The first-order valence-electron chi connectivity index (χ1n) is 9.19. The van der Waals surface area contributed by atoms with Crippen molar-refractivity contribution < 1.29 is 25.0 Å². The summed E-state index contributed by atoms with van der Waals surface area (Å²) in [7, 11) is 0. The molecule has 1 aliphatic rings. The highest BCUT2D eigenvalue weighted by molar-refractivity contribution is 6.15. The molecule has 29 heavy (non-hydrogen) atoms. The summed E-state index contributed by atoms with van der Waals surface area (Å²) in [6, 6.07) is 17.4. The van der Waals surface area contributed by atoms with E-state index in [4.69, 9.17) is 0 Å². The molecule has 0 aliphatic heterocycles. The van der Waals surface area contributed by atoms with Gasteiger partial charge in [-0.05, 0) is 35.6 Å². The van der Waals surface area contributed by atoms with Crippen molar-refractivity contribution in [3.63, 3.8) is 0 Å². The van der Waals surface area contributed by atoms with E-state index in [-0.39, 0.29) is 34.6 Å². The molecule has 0 heterocycles. The zero-order chi connectivity index (χ0) is 20.5. The smallest absolute Gasteiger partial charge is 0.251 e. The number of nitrogens with one attached hydrogen (secondary N) is 1. The third-order valence-electron chi connectivity index (χ3n) is 5.34. The second kappa shape index (κ2) is 7.41. The fourth-order valence-corrected chi connectivity index (χ4v) is 3.93. The maximum atomic E-state index is 13.1. The van der Waals surface area contributed by atoms with Gasteiger partial charge in [-0.25, -0.2) is 5.48 Å². The van der Waals surface area contributed by atoms with Gasteiger partial charge in [0.25, 0.3) is 5.91 Å². The fraction of sp³-hybridized carbons (Fsp3) is 0.130. The second-order valence-electron chi connectivity index (χ2n) is 7.07. The molecule has 0 saturated heterocycles. The molecule has 1 amide bonds. The first kappa shape index (κ1) is 18.7. The second-order valence-corrected chi connectivity index (χ2v) is 7.07. The topological polar surface area (TPSA) is 107 Å². The van der Waals surface area contributed by atoms with Crippen molar-refractivity contribution in [1.29, 1.82) is 0 Å². The number of rotatable bonds is 4. The molecule has 0 spiro atoms. The van der Waals surface area contributed by atoms with Gasteiger partial charge < -0.3 is 10.2 Å². The number of hydrogen-bond donors (Lipinski definition) is 4. The van der Waals surface area contributed by atoms with Crippen molar-refractivity contribution in [3.8, 4) is 11.5 Å². The Morgan fingerprint density at radius 3 is 2.38 bits per heavy atom. The van der Waals surface area contributed by atoms with E-state index in [0.717, 1.165) is 5.56 Å². The van der Waals surface area contributed by atoms with Crippen LogP contribution in [0.5, 0.6) is 11.5 Å². The summed E-state index contributed by atoms with van der Waals surface area (Å²) in [5.41, 5.74) is 4.29. The molecule has 1 unspecified atom stereocenters. The van der Waals surface area contributed by atoms with Gasteiger partial charge >= 0.3 is 0 Å². The van der Waals surface area contributed by atoms with Gasteiger partial charge in [0.05, 0.1) is 17.0 Å². The monoisotopic (exact) mass is 389 g/mol. The Kier molecular flexibility index (Phi) is 4.78. The van der Waals surface area contributed by atoms with Gasteiger partial charge in [0.2, 0.25) is 5.78 Å². The van der Waals surface area contributed by atoms with Crippen LogP contribution in [0.2, 0.25) is 0 Å². The minimum Gasteiger partial charge on any atom is -0.507 e. The zero-order valence-electron chi connectivity index (χ0n) is 15.4. The first-order chi connectivity index (χ1) is 14.0. The number of phenolic OH excluding ortho intramolecular Hbond substituents is 2. The van der Waals surface area contributed by atoms with Crippen LogP contribution >= 0.6 is 0 Å². The largest absolute Gasteiger partial charge is 0.507 e. The van der Waals surface area contributed by atoms with Gasteiger partial charge in [0.1, 0.15) is 11.5 Å². The van der Waals surface area contributed by atoms with Gasteiger partial charge in [-0.15, -0.1) is 0 Å². The van der Waals surface area contributed by atoms with Crippen LogP contribution in [0.3, 0.4) is 0 Å². The highest BCUT2D eigenvalue weighted by Gasteiger charge is 2.32. The predicted octanol–water partition coefficient (Wildman–Crippen LogP) is 3.06. The summed E-state index contributed by atoms with van der Waals surface area (Å²) >= 11 is 0. The predicted molar refractivity (Wildman–Crippen MR) is 105 cm³/mol. The van der Waals surface area contributed by atoms with Crippen LogP contribution in [0, 0.1) is 0 Å². The molecule has 4 N–H and O–H groups in total. The maximum absolute atomic E-state index is 13.1. The third-order valence-corrected chi connectivity index (χ3v) is 5.34. The molecule has 3 aromatic rings. The van der Waals surface area contributed by atoms with Gasteiger partial charge in [-0.2, -0.15) is 0 Å². The molecule has 1 atom stereocenters. The summed E-state index contributed by atoms with van der Waals surface area (Å²) < 4.78 is 0. The molecule has 146 valence electrons. The summed E-state index contributed by atoms with van der Waals surface area (Å²) in [5, 5.41) is 30.3. The van der Waals surface area contributed by atoms with Crippen LogP contribution < -0.4 is 5.48 Å². The lowest BCUT2D eigenvalue weighted by Gasteiger charge is -2.24. The lowest BCUT2D eigenvalue weighted by molar-refractivity contribution is -0.130. The molecule has 0 aromatic heterocycles. The van der Waals surface area contributed by atoms with Gasteiger partial charge in [-0.3, -0.25) is 14.8 Å².